The fourth-order valence-electron chi connectivity index (χ4n) is 0.849. The Morgan fingerprint density at radius 1 is 1.82 bits per heavy atom. The van der Waals surface area contributed by atoms with Crippen molar-refractivity contribution < 1.29 is 4.74 Å². The molecule has 0 saturated heterocycles. The lowest BCUT2D eigenvalue weighted by atomic mass is 10.2. The lowest BCUT2D eigenvalue weighted by Gasteiger charge is -2.15. The van der Waals surface area contributed by atoms with E-state index in [1.54, 1.807) is 6.26 Å². The highest BCUT2D eigenvalue weighted by atomic mass is 16.5. The van der Waals surface area contributed by atoms with Crippen molar-refractivity contribution >= 4 is 0 Å². The third-order valence-corrected chi connectivity index (χ3v) is 1.70. The molecule has 0 aliphatic carbocycles. The zero-order valence-electron chi connectivity index (χ0n) is 7.05. The number of hydrogen-bond donors (Lipinski definition) is 1. The summed E-state index contributed by atoms with van der Waals surface area (Å²) in [5, 5.41) is 3.30. The van der Waals surface area contributed by atoms with Crippen molar-refractivity contribution in [2.75, 3.05) is 0 Å². The van der Waals surface area contributed by atoms with E-state index in [9.17, 15) is 0 Å². The lowest BCUT2D eigenvalue weighted by Crippen LogP contribution is -2.25. The molecular weight excluding hydrogens is 138 g/mol. The average Bonchev–Trinajstić information content (AvgIpc) is 2.06. The Kier molecular flexibility index (Phi) is 3.02. The van der Waals surface area contributed by atoms with Gasteiger partial charge in [-0.15, -0.1) is 0 Å². The second-order valence-electron chi connectivity index (χ2n) is 2.73. The fraction of sp³-hybridized carbons (Fsp3) is 0.556. The Balaban J connectivity index is 2.31. The molecule has 0 aromatic rings. The van der Waals surface area contributed by atoms with Gasteiger partial charge < -0.3 is 10.1 Å². The number of hydrogen-bond acceptors (Lipinski definition) is 2. The molecule has 11 heavy (non-hydrogen) atoms. The summed E-state index contributed by atoms with van der Waals surface area (Å²) in [6, 6.07) is 0.507. The van der Waals surface area contributed by atoms with E-state index in [2.05, 4.69) is 25.4 Å². The molecule has 0 aromatic heterocycles. The van der Waals surface area contributed by atoms with Gasteiger partial charge in [0.2, 0.25) is 0 Å². The highest BCUT2D eigenvalue weighted by Gasteiger charge is 2.03. The van der Waals surface area contributed by atoms with Gasteiger partial charge in [-0.25, -0.2) is 0 Å². The first-order valence-electron chi connectivity index (χ1n) is 4.02. The zero-order chi connectivity index (χ0) is 8.10. The first kappa shape index (κ1) is 8.18. The first-order valence-corrected chi connectivity index (χ1v) is 4.02. The molecule has 1 heterocycles. The van der Waals surface area contributed by atoms with Gasteiger partial charge in [-0.1, -0.05) is 6.92 Å². The SMILES string of the molecule is CCC(C)NC1=[C]OC=CC1. The normalized spacial score (nSPS) is 18.5. The Labute approximate surface area is 67.9 Å². The summed E-state index contributed by atoms with van der Waals surface area (Å²) in [7, 11) is 0. The number of allylic oxidation sites excluding steroid dienone is 1. The molecule has 1 aliphatic heterocycles. The monoisotopic (exact) mass is 152 g/mol. The van der Waals surface area contributed by atoms with E-state index in [1.165, 1.54) is 0 Å². The Morgan fingerprint density at radius 2 is 2.64 bits per heavy atom. The standard InChI is InChI=1S/C9H14NO/c1-3-8(2)10-9-5-4-6-11-7-9/h4,6,8,10H,3,5H2,1-2H3. The average molecular weight is 152 g/mol. The molecule has 0 amide bonds. The van der Waals surface area contributed by atoms with Crippen LogP contribution in [-0.2, 0) is 4.74 Å². The Hall–Kier alpha value is -0.920. The van der Waals surface area contributed by atoms with Crippen LogP contribution in [0.2, 0.25) is 0 Å². The summed E-state index contributed by atoms with van der Waals surface area (Å²) in [6.45, 7) is 4.30. The van der Waals surface area contributed by atoms with Crippen LogP contribution in [0.4, 0.5) is 0 Å². The minimum atomic E-state index is 0.507. The van der Waals surface area contributed by atoms with E-state index in [0.29, 0.717) is 6.04 Å². The second-order valence-corrected chi connectivity index (χ2v) is 2.73. The molecule has 1 N–H and O–H groups in total. The summed E-state index contributed by atoms with van der Waals surface area (Å²) >= 11 is 0. The van der Waals surface area contributed by atoms with E-state index >= 15 is 0 Å². The van der Waals surface area contributed by atoms with Crippen LogP contribution in [-0.4, -0.2) is 6.04 Å². The molecule has 1 atom stereocenters. The third kappa shape index (κ3) is 2.66. The van der Waals surface area contributed by atoms with E-state index < -0.39 is 0 Å². The van der Waals surface area contributed by atoms with E-state index in [1.807, 2.05) is 6.08 Å². The number of nitrogens with one attached hydrogen (secondary N) is 1. The van der Waals surface area contributed by atoms with Crippen LogP contribution >= 0.6 is 0 Å². The van der Waals surface area contributed by atoms with Crippen molar-refractivity contribution in [1.29, 1.82) is 0 Å². The Morgan fingerprint density at radius 3 is 3.18 bits per heavy atom. The van der Waals surface area contributed by atoms with E-state index in [4.69, 9.17) is 4.74 Å². The largest absolute Gasteiger partial charge is 0.459 e. The predicted octanol–water partition coefficient (Wildman–Crippen LogP) is 1.95. The summed E-state index contributed by atoms with van der Waals surface area (Å²) < 4.78 is 4.90. The van der Waals surface area contributed by atoms with Gasteiger partial charge in [0.1, 0.15) is 0 Å². The molecule has 61 valence electrons. The highest BCUT2D eigenvalue weighted by molar-refractivity contribution is 5.03. The Bertz CT molecular complexity index is 172. The molecular formula is C9H14NO. The van der Waals surface area contributed by atoms with Crippen molar-refractivity contribution in [2.24, 2.45) is 0 Å². The molecule has 0 fully saturated rings. The summed E-state index contributed by atoms with van der Waals surface area (Å²) in [4.78, 5) is 0. The van der Waals surface area contributed by atoms with Crippen LogP contribution in [0, 0.1) is 6.26 Å². The molecule has 0 spiro atoms. The number of ether oxygens (including phenoxy) is 1. The topological polar surface area (TPSA) is 21.3 Å². The highest BCUT2D eigenvalue weighted by Crippen LogP contribution is 2.06. The quantitative estimate of drug-likeness (QED) is 0.667. The molecule has 0 bridgehead atoms. The maximum atomic E-state index is 4.90. The first-order chi connectivity index (χ1) is 5.33. The van der Waals surface area contributed by atoms with Crippen molar-refractivity contribution in [3.63, 3.8) is 0 Å². The van der Waals surface area contributed by atoms with Crippen LogP contribution in [0.25, 0.3) is 0 Å². The molecule has 1 unspecified atom stereocenters. The maximum absolute atomic E-state index is 4.90. The molecule has 0 saturated carbocycles. The van der Waals surface area contributed by atoms with Crippen LogP contribution in [0.5, 0.6) is 0 Å². The fourth-order valence-corrected chi connectivity index (χ4v) is 0.849. The third-order valence-electron chi connectivity index (χ3n) is 1.70. The van der Waals surface area contributed by atoms with E-state index in [0.717, 1.165) is 18.5 Å². The van der Waals surface area contributed by atoms with Gasteiger partial charge in [-0.05, 0) is 19.4 Å². The zero-order valence-corrected chi connectivity index (χ0v) is 7.05. The van der Waals surface area contributed by atoms with Gasteiger partial charge in [0.15, 0.2) is 6.26 Å². The number of rotatable bonds is 3. The van der Waals surface area contributed by atoms with Gasteiger partial charge in [-0.3, -0.25) is 0 Å². The minimum absolute atomic E-state index is 0.507. The molecule has 0 aromatic carbocycles. The van der Waals surface area contributed by atoms with Crippen molar-refractivity contribution in [3.05, 3.63) is 24.3 Å². The van der Waals surface area contributed by atoms with Gasteiger partial charge >= 0.3 is 0 Å². The smallest absolute Gasteiger partial charge is 0.189 e. The second kappa shape index (κ2) is 4.06. The van der Waals surface area contributed by atoms with Gasteiger partial charge in [0, 0.05) is 12.5 Å². The van der Waals surface area contributed by atoms with Crippen molar-refractivity contribution in [1.82, 2.24) is 5.32 Å². The minimum Gasteiger partial charge on any atom is -0.459 e. The summed E-state index contributed by atoms with van der Waals surface area (Å²) in [6.07, 6.45) is 8.46. The molecule has 2 heteroatoms. The maximum Gasteiger partial charge on any atom is 0.189 e. The van der Waals surface area contributed by atoms with Crippen molar-refractivity contribution in [2.45, 2.75) is 32.7 Å². The predicted molar refractivity (Wildman–Crippen MR) is 44.5 cm³/mol. The van der Waals surface area contributed by atoms with Gasteiger partial charge in [-0.2, -0.15) is 0 Å². The van der Waals surface area contributed by atoms with Crippen molar-refractivity contribution in [3.8, 4) is 0 Å². The van der Waals surface area contributed by atoms with Crippen LogP contribution in [0.15, 0.2) is 18.0 Å². The van der Waals surface area contributed by atoms with Gasteiger partial charge in [0.25, 0.3) is 0 Å². The van der Waals surface area contributed by atoms with E-state index in [-0.39, 0.29) is 0 Å². The summed E-state index contributed by atoms with van der Waals surface area (Å²) in [5.74, 6) is 0. The van der Waals surface area contributed by atoms with Crippen LogP contribution in [0.1, 0.15) is 26.7 Å². The van der Waals surface area contributed by atoms with Crippen LogP contribution < -0.4 is 5.32 Å². The molecule has 1 rings (SSSR count). The van der Waals surface area contributed by atoms with Gasteiger partial charge in [0.05, 0.1) is 12.0 Å². The molecule has 1 aliphatic rings. The molecule has 1 radical (unpaired) electrons. The molecule has 2 nitrogen and oxygen atoms in total. The van der Waals surface area contributed by atoms with Crippen LogP contribution in [0.3, 0.4) is 0 Å². The summed E-state index contributed by atoms with van der Waals surface area (Å²) in [5.41, 5.74) is 1.04. The lowest BCUT2D eigenvalue weighted by molar-refractivity contribution is 0.350.